The summed E-state index contributed by atoms with van der Waals surface area (Å²) in [7, 11) is 0. The fraction of sp³-hybridized carbons (Fsp3) is 0.200. The summed E-state index contributed by atoms with van der Waals surface area (Å²) in [6.07, 6.45) is 0. The van der Waals surface area contributed by atoms with Crippen molar-refractivity contribution in [3.63, 3.8) is 0 Å². The second-order valence-electron chi connectivity index (χ2n) is 3.17. The third kappa shape index (κ3) is 2.25. The summed E-state index contributed by atoms with van der Waals surface area (Å²) in [6, 6.07) is 2.97. The van der Waals surface area contributed by atoms with Gasteiger partial charge in [-0.15, -0.1) is 0 Å². The van der Waals surface area contributed by atoms with Crippen molar-refractivity contribution in [2.45, 2.75) is 13.0 Å². The van der Waals surface area contributed by atoms with E-state index < -0.39 is 29.1 Å². The quantitative estimate of drug-likeness (QED) is 0.809. The lowest BCUT2D eigenvalue weighted by molar-refractivity contribution is -0.118. The summed E-state index contributed by atoms with van der Waals surface area (Å²) in [5, 5.41) is 10.9. The maximum atomic E-state index is 13.3. The van der Waals surface area contributed by atoms with Crippen LogP contribution in [0.3, 0.4) is 0 Å². The van der Waals surface area contributed by atoms with E-state index in [0.29, 0.717) is 0 Å². The minimum Gasteiger partial charge on any atom is -0.371 e. The topological polar surface area (TPSA) is 78.9 Å². The van der Waals surface area contributed by atoms with E-state index in [9.17, 15) is 13.6 Å². The highest BCUT2D eigenvalue weighted by Crippen LogP contribution is 2.20. The fourth-order valence-corrected chi connectivity index (χ4v) is 1.05. The molecule has 0 aliphatic carbocycles. The number of benzene rings is 1. The number of anilines is 1. The van der Waals surface area contributed by atoms with Crippen molar-refractivity contribution in [2.24, 2.45) is 5.73 Å². The smallest absolute Gasteiger partial charge is 0.239 e. The lowest BCUT2D eigenvalue weighted by Gasteiger charge is -2.12. The van der Waals surface area contributed by atoms with Crippen LogP contribution in [0, 0.1) is 23.0 Å². The molecule has 3 N–H and O–H groups in total. The van der Waals surface area contributed by atoms with Gasteiger partial charge in [-0.25, -0.2) is 8.78 Å². The number of hydrogen-bond acceptors (Lipinski definition) is 3. The Bertz CT molecular complexity index is 468. The molecule has 0 spiro atoms. The molecule has 1 rings (SSSR count). The molecule has 0 saturated heterocycles. The number of carbonyl (C=O) groups is 1. The summed E-state index contributed by atoms with van der Waals surface area (Å²) in [5.41, 5.74) is 4.36. The van der Waals surface area contributed by atoms with Crippen molar-refractivity contribution >= 4 is 11.6 Å². The van der Waals surface area contributed by atoms with Crippen LogP contribution in [0.15, 0.2) is 12.1 Å². The lowest BCUT2D eigenvalue weighted by atomic mass is 10.2. The van der Waals surface area contributed by atoms with Crippen LogP contribution in [-0.2, 0) is 4.79 Å². The van der Waals surface area contributed by atoms with Gasteiger partial charge in [0, 0.05) is 0 Å². The Labute approximate surface area is 90.7 Å². The SMILES string of the molecule is CC(Nc1ccc(C#N)c(F)c1F)C(N)=O. The van der Waals surface area contributed by atoms with Crippen LogP contribution >= 0.6 is 0 Å². The predicted octanol–water partition coefficient (Wildman–Crippen LogP) is 1.12. The maximum absolute atomic E-state index is 13.3. The predicted molar refractivity (Wildman–Crippen MR) is 53.4 cm³/mol. The van der Waals surface area contributed by atoms with Crippen LogP contribution in [0.25, 0.3) is 0 Å². The van der Waals surface area contributed by atoms with Gasteiger partial charge in [0.15, 0.2) is 11.6 Å². The number of amides is 1. The Morgan fingerprint density at radius 1 is 1.50 bits per heavy atom. The number of primary amides is 1. The van der Waals surface area contributed by atoms with Crippen LogP contribution < -0.4 is 11.1 Å². The zero-order chi connectivity index (χ0) is 12.3. The highest BCUT2D eigenvalue weighted by molar-refractivity contribution is 5.82. The Morgan fingerprint density at radius 2 is 2.12 bits per heavy atom. The first-order chi connectivity index (χ1) is 7.47. The second kappa shape index (κ2) is 4.57. The number of hydrogen-bond donors (Lipinski definition) is 2. The van der Waals surface area contributed by atoms with Gasteiger partial charge < -0.3 is 11.1 Å². The second-order valence-corrected chi connectivity index (χ2v) is 3.17. The van der Waals surface area contributed by atoms with E-state index in [-0.39, 0.29) is 5.69 Å². The molecule has 1 unspecified atom stereocenters. The summed E-state index contributed by atoms with van der Waals surface area (Å²) >= 11 is 0. The number of halogens is 2. The van der Waals surface area contributed by atoms with Crippen molar-refractivity contribution in [2.75, 3.05) is 5.32 Å². The zero-order valence-corrected chi connectivity index (χ0v) is 8.42. The molecule has 0 aliphatic rings. The Hall–Kier alpha value is -2.16. The summed E-state index contributed by atoms with van der Waals surface area (Å²) in [4.78, 5) is 10.7. The molecular formula is C10H9F2N3O. The number of nitriles is 1. The summed E-state index contributed by atoms with van der Waals surface area (Å²) in [5.74, 6) is -3.14. The third-order valence-corrected chi connectivity index (χ3v) is 2.00. The molecular weight excluding hydrogens is 216 g/mol. The molecule has 0 saturated carbocycles. The standard InChI is InChI=1S/C10H9F2N3O/c1-5(10(14)16)15-7-3-2-6(4-13)8(11)9(7)12/h2-3,5,15H,1H3,(H2,14,16). The van der Waals surface area contributed by atoms with Gasteiger partial charge in [-0.3, -0.25) is 4.79 Å². The molecule has 1 aromatic rings. The minimum absolute atomic E-state index is 0.206. The van der Waals surface area contributed by atoms with Gasteiger partial charge in [-0.05, 0) is 19.1 Å². The molecule has 0 radical (unpaired) electrons. The molecule has 16 heavy (non-hydrogen) atoms. The summed E-state index contributed by atoms with van der Waals surface area (Å²) in [6.45, 7) is 1.41. The minimum atomic E-state index is -1.25. The number of nitrogens with one attached hydrogen (secondary N) is 1. The first kappa shape index (κ1) is 11.9. The molecule has 1 atom stereocenters. The van der Waals surface area contributed by atoms with E-state index in [1.54, 1.807) is 0 Å². The van der Waals surface area contributed by atoms with Crippen molar-refractivity contribution in [3.05, 3.63) is 29.3 Å². The fourth-order valence-electron chi connectivity index (χ4n) is 1.05. The Balaban J connectivity index is 3.05. The first-order valence-corrected chi connectivity index (χ1v) is 4.41. The molecule has 1 amide bonds. The molecule has 0 aromatic heterocycles. The Morgan fingerprint density at radius 3 is 2.62 bits per heavy atom. The van der Waals surface area contributed by atoms with Crippen LogP contribution in [0.5, 0.6) is 0 Å². The monoisotopic (exact) mass is 225 g/mol. The molecule has 0 heterocycles. The van der Waals surface area contributed by atoms with Gasteiger partial charge in [0.25, 0.3) is 0 Å². The van der Waals surface area contributed by atoms with E-state index in [0.717, 1.165) is 6.07 Å². The number of nitrogens with two attached hydrogens (primary N) is 1. The average molecular weight is 225 g/mol. The van der Waals surface area contributed by atoms with Crippen molar-refractivity contribution in [3.8, 4) is 6.07 Å². The number of nitrogens with zero attached hydrogens (tertiary/aromatic N) is 1. The normalized spacial score (nSPS) is 11.6. The van der Waals surface area contributed by atoms with E-state index >= 15 is 0 Å². The highest BCUT2D eigenvalue weighted by Gasteiger charge is 2.16. The van der Waals surface area contributed by atoms with Gasteiger partial charge in [0.2, 0.25) is 5.91 Å². The molecule has 84 valence electrons. The molecule has 6 heteroatoms. The largest absolute Gasteiger partial charge is 0.371 e. The van der Waals surface area contributed by atoms with E-state index in [1.165, 1.54) is 19.1 Å². The van der Waals surface area contributed by atoms with Crippen LogP contribution in [0.2, 0.25) is 0 Å². The van der Waals surface area contributed by atoms with E-state index in [2.05, 4.69) is 5.32 Å². The molecule has 0 bridgehead atoms. The van der Waals surface area contributed by atoms with Gasteiger partial charge >= 0.3 is 0 Å². The van der Waals surface area contributed by atoms with Crippen molar-refractivity contribution in [1.82, 2.24) is 0 Å². The maximum Gasteiger partial charge on any atom is 0.239 e. The van der Waals surface area contributed by atoms with Crippen molar-refractivity contribution < 1.29 is 13.6 Å². The average Bonchev–Trinajstić information content (AvgIpc) is 2.25. The number of rotatable bonds is 3. The Kier molecular flexibility index (Phi) is 3.40. The summed E-state index contributed by atoms with van der Waals surface area (Å²) < 4.78 is 26.5. The van der Waals surface area contributed by atoms with Gasteiger partial charge in [-0.1, -0.05) is 0 Å². The molecule has 0 aliphatic heterocycles. The van der Waals surface area contributed by atoms with Crippen LogP contribution in [0.1, 0.15) is 12.5 Å². The third-order valence-electron chi connectivity index (χ3n) is 2.00. The van der Waals surface area contributed by atoms with Crippen LogP contribution in [-0.4, -0.2) is 11.9 Å². The van der Waals surface area contributed by atoms with Crippen molar-refractivity contribution in [1.29, 1.82) is 5.26 Å². The van der Waals surface area contributed by atoms with E-state index in [4.69, 9.17) is 11.0 Å². The highest BCUT2D eigenvalue weighted by atomic mass is 19.2. The van der Waals surface area contributed by atoms with Gasteiger partial charge in [0.05, 0.1) is 11.3 Å². The van der Waals surface area contributed by atoms with E-state index in [1.807, 2.05) is 0 Å². The van der Waals surface area contributed by atoms with Gasteiger partial charge in [-0.2, -0.15) is 5.26 Å². The number of carbonyl (C=O) groups excluding carboxylic acids is 1. The molecule has 1 aromatic carbocycles. The van der Waals surface area contributed by atoms with Crippen LogP contribution in [0.4, 0.5) is 14.5 Å². The molecule has 0 fully saturated rings. The zero-order valence-electron chi connectivity index (χ0n) is 8.42. The van der Waals surface area contributed by atoms with Gasteiger partial charge in [0.1, 0.15) is 12.1 Å². The molecule has 4 nitrogen and oxygen atoms in total. The first-order valence-electron chi connectivity index (χ1n) is 4.41. The lowest BCUT2D eigenvalue weighted by Crippen LogP contribution is -2.32.